The van der Waals surface area contributed by atoms with Crippen LogP contribution in [-0.4, -0.2) is 57.6 Å². The summed E-state index contributed by atoms with van der Waals surface area (Å²) in [6.07, 6.45) is 0.318. The molecule has 9 nitrogen and oxygen atoms in total. The van der Waals surface area contributed by atoms with Crippen LogP contribution in [0.5, 0.6) is 0 Å². The second-order valence-corrected chi connectivity index (χ2v) is 15.3. The van der Waals surface area contributed by atoms with Crippen molar-refractivity contribution >= 4 is 23.9 Å². The fourth-order valence-electron chi connectivity index (χ4n) is 5.18. The minimum atomic E-state index is -1.13. The number of hydrogen-bond donors (Lipinski definition) is 2. The summed E-state index contributed by atoms with van der Waals surface area (Å²) in [5.74, 6) is -1.48. The van der Waals surface area contributed by atoms with E-state index in [9.17, 15) is 19.2 Å². The van der Waals surface area contributed by atoms with Crippen molar-refractivity contribution in [3.8, 4) is 0 Å². The van der Waals surface area contributed by atoms with Gasteiger partial charge in [0.2, 0.25) is 11.8 Å². The van der Waals surface area contributed by atoms with Crippen LogP contribution in [0.4, 0.5) is 4.79 Å². The summed E-state index contributed by atoms with van der Waals surface area (Å²) in [6.45, 7) is 22.2. The molecule has 47 heavy (non-hydrogen) atoms. The van der Waals surface area contributed by atoms with Crippen molar-refractivity contribution in [1.29, 1.82) is 0 Å². The van der Waals surface area contributed by atoms with Crippen LogP contribution in [0, 0.1) is 12.8 Å². The zero-order chi connectivity index (χ0) is 35.7. The molecule has 0 aliphatic carbocycles. The van der Waals surface area contributed by atoms with Gasteiger partial charge < -0.3 is 25.0 Å². The van der Waals surface area contributed by atoms with Gasteiger partial charge in [0.15, 0.2) is 0 Å². The van der Waals surface area contributed by atoms with E-state index in [0.717, 1.165) is 11.1 Å². The molecule has 2 rings (SSSR count). The van der Waals surface area contributed by atoms with Gasteiger partial charge in [-0.25, -0.2) is 9.59 Å². The number of alkyl carbamates (subject to hydrolysis) is 1. The van der Waals surface area contributed by atoms with Gasteiger partial charge in [0.05, 0.1) is 0 Å². The number of esters is 1. The van der Waals surface area contributed by atoms with Gasteiger partial charge in [0.1, 0.15) is 29.3 Å². The number of carbonyl (C=O) groups is 4. The Hall–Kier alpha value is -3.88. The maximum absolute atomic E-state index is 14.8. The Balaban J connectivity index is 2.70. The normalized spacial score (nSPS) is 14.1. The Morgan fingerprint density at radius 1 is 0.787 bits per heavy atom. The molecule has 0 fully saturated rings. The molecule has 2 aromatic carbocycles. The lowest BCUT2D eigenvalue weighted by molar-refractivity contribution is -0.159. The van der Waals surface area contributed by atoms with Gasteiger partial charge in [0, 0.05) is 12.0 Å². The molecule has 2 N–H and O–H groups in total. The van der Waals surface area contributed by atoms with Gasteiger partial charge in [-0.2, -0.15) is 0 Å². The van der Waals surface area contributed by atoms with Gasteiger partial charge in [-0.05, 0) is 92.2 Å². The first-order valence-corrected chi connectivity index (χ1v) is 16.6. The van der Waals surface area contributed by atoms with E-state index in [1.165, 1.54) is 0 Å². The van der Waals surface area contributed by atoms with E-state index >= 15 is 0 Å². The van der Waals surface area contributed by atoms with E-state index in [0.29, 0.717) is 18.4 Å². The van der Waals surface area contributed by atoms with Gasteiger partial charge in [-0.1, -0.05) is 80.9 Å². The molecule has 3 unspecified atom stereocenters. The summed E-state index contributed by atoms with van der Waals surface area (Å²) in [6, 6.07) is 13.7. The van der Waals surface area contributed by atoms with Crippen molar-refractivity contribution in [1.82, 2.24) is 15.5 Å². The number of nitrogens with one attached hydrogen (secondary N) is 2. The van der Waals surface area contributed by atoms with E-state index in [-0.39, 0.29) is 12.3 Å². The molecule has 0 aromatic heterocycles. The number of aryl methyl sites for hydroxylation is 1. The second kappa shape index (κ2) is 16.3. The summed E-state index contributed by atoms with van der Waals surface area (Å²) in [7, 11) is 0. The van der Waals surface area contributed by atoms with Crippen molar-refractivity contribution < 1.29 is 28.7 Å². The van der Waals surface area contributed by atoms with Crippen LogP contribution in [0.3, 0.4) is 0 Å². The average molecular weight is 652 g/mol. The molecule has 0 bridgehead atoms. The van der Waals surface area contributed by atoms with E-state index < -0.39 is 58.7 Å². The molecule has 260 valence electrons. The number of hydrogen-bond acceptors (Lipinski definition) is 6. The smallest absolute Gasteiger partial charge is 0.408 e. The molecular weight excluding hydrogens is 594 g/mol. The van der Waals surface area contributed by atoms with Gasteiger partial charge in [-0.3, -0.25) is 9.59 Å². The van der Waals surface area contributed by atoms with Crippen LogP contribution in [0.15, 0.2) is 54.6 Å². The molecular formula is C38H57N3O6. The Morgan fingerprint density at radius 3 is 1.89 bits per heavy atom. The molecule has 3 amide bonds. The highest BCUT2D eigenvalue weighted by Gasteiger charge is 2.44. The van der Waals surface area contributed by atoms with Crippen molar-refractivity contribution in [3.05, 3.63) is 71.3 Å². The van der Waals surface area contributed by atoms with E-state index in [1.54, 1.807) is 46.4 Å². The Kier molecular flexibility index (Phi) is 13.6. The Labute approximate surface area is 282 Å². The van der Waals surface area contributed by atoms with Gasteiger partial charge in [-0.15, -0.1) is 0 Å². The number of rotatable bonds is 13. The van der Waals surface area contributed by atoms with Crippen LogP contribution in [0.2, 0.25) is 0 Å². The summed E-state index contributed by atoms with van der Waals surface area (Å²) in [5, 5.41) is 5.77. The third-order valence-electron chi connectivity index (χ3n) is 7.61. The number of amides is 3. The van der Waals surface area contributed by atoms with Crippen LogP contribution in [0.1, 0.15) is 112 Å². The van der Waals surface area contributed by atoms with Crippen LogP contribution < -0.4 is 10.6 Å². The van der Waals surface area contributed by atoms with Crippen molar-refractivity contribution in [2.24, 2.45) is 5.92 Å². The first-order chi connectivity index (χ1) is 21.6. The van der Waals surface area contributed by atoms with Crippen molar-refractivity contribution in [2.75, 3.05) is 0 Å². The highest BCUT2D eigenvalue weighted by atomic mass is 16.6. The Bertz CT molecular complexity index is 1360. The zero-order valence-electron chi connectivity index (χ0n) is 30.5. The number of carbonyl (C=O) groups excluding carboxylic acids is 4. The molecule has 0 spiro atoms. The van der Waals surface area contributed by atoms with E-state index in [2.05, 4.69) is 10.6 Å². The van der Waals surface area contributed by atoms with Crippen LogP contribution in [-0.2, 0) is 30.3 Å². The third kappa shape index (κ3) is 12.7. The maximum Gasteiger partial charge on any atom is 0.408 e. The number of ether oxygens (including phenoxy) is 2. The van der Waals surface area contributed by atoms with E-state index in [4.69, 9.17) is 9.47 Å². The summed E-state index contributed by atoms with van der Waals surface area (Å²) < 4.78 is 11.3. The molecule has 3 atom stereocenters. The predicted octanol–water partition coefficient (Wildman–Crippen LogP) is 7.06. The van der Waals surface area contributed by atoms with Crippen molar-refractivity contribution in [3.63, 3.8) is 0 Å². The average Bonchev–Trinajstić information content (AvgIpc) is 2.93. The zero-order valence-corrected chi connectivity index (χ0v) is 30.5. The van der Waals surface area contributed by atoms with Crippen molar-refractivity contribution in [2.45, 2.75) is 137 Å². The first kappa shape index (κ1) is 39.3. The highest BCUT2D eigenvalue weighted by Crippen LogP contribution is 2.33. The fraction of sp³-hybridized carbons (Fsp3) is 0.579. The lowest BCUT2D eigenvalue weighted by Gasteiger charge is -2.45. The third-order valence-corrected chi connectivity index (χ3v) is 7.61. The van der Waals surface area contributed by atoms with Crippen LogP contribution >= 0.6 is 0 Å². The molecule has 0 saturated carbocycles. The largest absolute Gasteiger partial charge is 0.458 e. The standard InChI is InChI=1S/C38H57N3O6/c1-13-38(11,12)41(33(43)29(22-25(2)3)40-35(45)47-37(8,9)10)31(28-21-17-18-26(4)23-28)32(42)39-30(34(44)46-36(5,6)7)24-27-19-15-14-16-20-27/h14-21,23,25,29-31H,13,22,24H2,1-12H3,(H,39,42)(H,40,45). The summed E-state index contributed by atoms with van der Waals surface area (Å²) in [4.78, 5) is 57.5. The monoisotopic (exact) mass is 651 g/mol. The molecule has 9 heteroatoms. The highest BCUT2D eigenvalue weighted by molar-refractivity contribution is 5.94. The minimum Gasteiger partial charge on any atom is -0.458 e. The molecule has 0 heterocycles. The molecule has 0 saturated heterocycles. The lowest BCUT2D eigenvalue weighted by Crippen LogP contribution is -2.60. The van der Waals surface area contributed by atoms with Crippen LogP contribution in [0.25, 0.3) is 0 Å². The molecule has 0 radical (unpaired) electrons. The first-order valence-electron chi connectivity index (χ1n) is 16.6. The minimum absolute atomic E-state index is 0.0409. The topological polar surface area (TPSA) is 114 Å². The summed E-state index contributed by atoms with van der Waals surface area (Å²) in [5.41, 5.74) is -0.0559. The van der Waals surface area contributed by atoms with Gasteiger partial charge >= 0.3 is 12.1 Å². The fourth-order valence-corrected chi connectivity index (χ4v) is 5.18. The lowest BCUT2D eigenvalue weighted by atomic mass is 9.90. The molecule has 0 aliphatic rings. The Morgan fingerprint density at radius 2 is 1.38 bits per heavy atom. The summed E-state index contributed by atoms with van der Waals surface area (Å²) >= 11 is 0. The molecule has 2 aromatic rings. The number of nitrogens with zero attached hydrogens (tertiary/aromatic N) is 1. The second-order valence-electron chi connectivity index (χ2n) is 15.3. The number of benzene rings is 2. The molecule has 0 aliphatic heterocycles. The maximum atomic E-state index is 14.8. The quantitative estimate of drug-likeness (QED) is 0.224. The predicted molar refractivity (Wildman–Crippen MR) is 186 cm³/mol. The SMILES string of the molecule is CCC(C)(C)N(C(=O)C(CC(C)C)NC(=O)OC(C)(C)C)C(C(=O)NC(Cc1ccccc1)C(=O)OC(C)(C)C)c1cccc(C)c1. The van der Waals surface area contributed by atoms with Gasteiger partial charge in [0.25, 0.3) is 0 Å². The van der Waals surface area contributed by atoms with E-state index in [1.807, 2.05) is 96.1 Å².